The number of guanidine groups is 1. The van der Waals surface area contributed by atoms with Crippen LogP contribution in [0.4, 0.5) is 0 Å². The van der Waals surface area contributed by atoms with Crippen molar-refractivity contribution >= 4 is 29.9 Å². The van der Waals surface area contributed by atoms with Crippen LogP contribution in [0.15, 0.2) is 72.2 Å². The van der Waals surface area contributed by atoms with Gasteiger partial charge in [-0.3, -0.25) is 0 Å². The highest BCUT2D eigenvalue weighted by Crippen LogP contribution is 2.09. The van der Waals surface area contributed by atoms with Crippen molar-refractivity contribution in [2.75, 3.05) is 19.7 Å². The molecule has 1 unspecified atom stereocenters. The molecule has 1 heterocycles. The summed E-state index contributed by atoms with van der Waals surface area (Å²) in [5.41, 5.74) is 3.31. The van der Waals surface area contributed by atoms with E-state index in [2.05, 4.69) is 58.8 Å². The molecule has 3 rings (SSSR count). The molecule has 2 aromatic carbocycles. The van der Waals surface area contributed by atoms with Crippen LogP contribution in [0.3, 0.4) is 0 Å². The van der Waals surface area contributed by atoms with Gasteiger partial charge in [0.15, 0.2) is 5.96 Å². The molecule has 0 fully saturated rings. The van der Waals surface area contributed by atoms with Gasteiger partial charge >= 0.3 is 0 Å². The van der Waals surface area contributed by atoms with Crippen molar-refractivity contribution in [2.24, 2.45) is 10.9 Å². The highest BCUT2D eigenvalue weighted by atomic mass is 127. The molecule has 1 aromatic heterocycles. The quantitative estimate of drug-likeness (QED) is 0.235. The van der Waals surface area contributed by atoms with Crippen molar-refractivity contribution in [3.05, 3.63) is 78.4 Å². The first-order valence-corrected chi connectivity index (χ1v) is 10.3. The topological polar surface area (TPSA) is 76.4 Å². The van der Waals surface area contributed by atoms with Gasteiger partial charge in [-0.2, -0.15) is 5.10 Å². The standard InChI is InChI=1S/C23H30N6O.HI/c1-3-25-23(26-13-19(2)15-30-16-21-7-5-4-6-8-21)27-14-20-9-11-22(12-10-20)29-18-24-17-28-29;/h4-12,17-19H,3,13-16H2,1-2H3,(H2,25,26,27);1H. The summed E-state index contributed by atoms with van der Waals surface area (Å²) in [6.45, 7) is 7.80. The summed E-state index contributed by atoms with van der Waals surface area (Å²) < 4.78 is 7.57. The second kappa shape index (κ2) is 13.8. The SMILES string of the molecule is CCNC(=NCc1ccc(-n2cncn2)cc1)NCC(C)COCc1ccccc1.I. The van der Waals surface area contributed by atoms with Crippen molar-refractivity contribution < 1.29 is 4.74 Å². The Hall–Kier alpha value is -2.46. The maximum absolute atomic E-state index is 5.83. The lowest BCUT2D eigenvalue weighted by atomic mass is 10.2. The van der Waals surface area contributed by atoms with Gasteiger partial charge in [0.2, 0.25) is 0 Å². The molecule has 0 bridgehead atoms. The number of nitrogens with zero attached hydrogens (tertiary/aromatic N) is 4. The first kappa shape index (κ1) is 24.8. The van der Waals surface area contributed by atoms with Crippen LogP contribution in [0.1, 0.15) is 25.0 Å². The highest BCUT2D eigenvalue weighted by Gasteiger charge is 2.05. The maximum Gasteiger partial charge on any atom is 0.191 e. The number of halogens is 1. The Kier molecular flexibility index (Phi) is 11.0. The van der Waals surface area contributed by atoms with E-state index in [1.807, 2.05) is 30.3 Å². The molecule has 0 aliphatic heterocycles. The normalized spacial score (nSPS) is 12.1. The van der Waals surface area contributed by atoms with Crippen molar-refractivity contribution in [1.29, 1.82) is 0 Å². The van der Waals surface area contributed by atoms with Gasteiger partial charge in [-0.1, -0.05) is 49.4 Å². The van der Waals surface area contributed by atoms with Crippen LogP contribution in [-0.2, 0) is 17.9 Å². The molecular weight excluding hydrogens is 503 g/mol. The molecule has 1 atom stereocenters. The number of rotatable bonds is 10. The zero-order valence-electron chi connectivity index (χ0n) is 18.1. The molecule has 0 spiro atoms. The van der Waals surface area contributed by atoms with Crippen LogP contribution in [0.2, 0.25) is 0 Å². The molecule has 0 saturated heterocycles. The minimum Gasteiger partial charge on any atom is -0.376 e. The Balaban J connectivity index is 0.00000341. The predicted molar refractivity (Wildman–Crippen MR) is 135 cm³/mol. The summed E-state index contributed by atoms with van der Waals surface area (Å²) in [5.74, 6) is 1.19. The lowest BCUT2D eigenvalue weighted by molar-refractivity contribution is 0.0931. The Bertz CT molecular complexity index is 884. The second-order valence-corrected chi connectivity index (χ2v) is 7.19. The Labute approximate surface area is 201 Å². The third-order valence-electron chi connectivity index (χ3n) is 4.52. The van der Waals surface area contributed by atoms with Crippen LogP contribution < -0.4 is 10.6 Å². The third-order valence-corrected chi connectivity index (χ3v) is 4.52. The van der Waals surface area contributed by atoms with Crippen LogP contribution in [-0.4, -0.2) is 40.4 Å². The average Bonchev–Trinajstić information content (AvgIpc) is 3.32. The summed E-state index contributed by atoms with van der Waals surface area (Å²) in [5, 5.41) is 10.9. The Morgan fingerprint density at radius 1 is 1.06 bits per heavy atom. The van der Waals surface area contributed by atoms with Gasteiger partial charge in [-0.05, 0) is 36.1 Å². The van der Waals surface area contributed by atoms with E-state index in [0.717, 1.165) is 30.3 Å². The molecule has 0 aliphatic carbocycles. The first-order chi connectivity index (χ1) is 14.7. The lowest BCUT2D eigenvalue weighted by Crippen LogP contribution is -2.40. The number of benzene rings is 2. The predicted octanol–water partition coefficient (Wildman–Crippen LogP) is 3.79. The van der Waals surface area contributed by atoms with Crippen LogP contribution in [0.25, 0.3) is 5.69 Å². The molecule has 166 valence electrons. The average molecular weight is 534 g/mol. The smallest absolute Gasteiger partial charge is 0.191 e. The van der Waals surface area contributed by atoms with E-state index in [0.29, 0.717) is 25.7 Å². The molecular formula is C23H31IN6O. The van der Waals surface area contributed by atoms with Crippen molar-refractivity contribution in [1.82, 2.24) is 25.4 Å². The fourth-order valence-electron chi connectivity index (χ4n) is 2.89. The van der Waals surface area contributed by atoms with E-state index in [-0.39, 0.29) is 24.0 Å². The van der Waals surface area contributed by atoms with Crippen molar-refractivity contribution in [3.63, 3.8) is 0 Å². The van der Waals surface area contributed by atoms with Crippen LogP contribution >= 0.6 is 24.0 Å². The summed E-state index contributed by atoms with van der Waals surface area (Å²) in [7, 11) is 0. The fraction of sp³-hybridized carbons (Fsp3) is 0.348. The molecule has 8 heteroatoms. The molecule has 7 nitrogen and oxygen atoms in total. The van der Waals surface area contributed by atoms with E-state index in [9.17, 15) is 0 Å². The van der Waals surface area contributed by atoms with E-state index >= 15 is 0 Å². The number of aromatic nitrogens is 3. The van der Waals surface area contributed by atoms with E-state index in [4.69, 9.17) is 9.73 Å². The Morgan fingerprint density at radius 3 is 2.52 bits per heavy atom. The van der Waals surface area contributed by atoms with Crippen LogP contribution in [0, 0.1) is 5.92 Å². The van der Waals surface area contributed by atoms with Gasteiger partial charge in [0, 0.05) is 13.1 Å². The van der Waals surface area contributed by atoms with E-state index in [1.165, 1.54) is 11.9 Å². The zero-order valence-corrected chi connectivity index (χ0v) is 20.4. The van der Waals surface area contributed by atoms with E-state index in [1.54, 1.807) is 11.0 Å². The number of aliphatic imine (C=N–C) groups is 1. The molecule has 3 aromatic rings. The third kappa shape index (κ3) is 8.66. The minimum absolute atomic E-state index is 0. The highest BCUT2D eigenvalue weighted by molar-refractivity contribution is 14.0. The molecule has 31 heavy (non-hydrogen) atoms. The number of hydrogen-bond donors (Lipinski definition) is 2. The summed E-state index contributed by atoms with van der Waals surface area (Å²) >= 11 is 0. The summed E-state index contributed by atoms with van der Waals surface area (Å²) in [6, 6.07) is 18.4. The molecule has 0 saturated carbocycles. The number of hydrogen-bond acceptors (Lipinski definition) is 4. The molecule has 2 N–H and O–H groups in total. The van der Waals surface area contributed by atoms with Gasteiger partial charge in [0.1, 0.15) is 12.7 Å². The number of ether oxygens (including phenoxy) is 1. The first-order valence-electron chi connectivity index (χ1n) is 10.3. The minimum atomic E-state index is 0. The molecule has 0 radical (unpaired) electrons. The monoisotopic (exact) mass is 534 g/mol. The van der Waals surface area contributed by atoms with Crippen molar-refractivity contribution in [2.45, 2.75) is 27.0 Å². The Morgan fingerprint density at radius 2 is 1.84 bits per heavy atom. The van der Waals surface area contributed by atoms with Crippen LogP contribution in [0.5, 0.6) is 0 Å². The molecule has 0 amide bonds. The molecule has 0 aliphatic rings. The summed E-state index contributed by atoms with van der Waals surface area (Å²) in [6.07, 6.45) is 3.21. The zero-order chi connectivity index (χ0) is 21.0. The van der Waals surface area contributed by atoms with Crippen molar-refractivity contribution in [3.8, 4) is 5.69 Å². The number of nitrogens with one attached hydrogen (secondary N) is 2. The van der Waals surface area contributed by atoms with Gasteiger partial charge in [0.25, 0.3) is 0 Å². The summed E-state index contributed by atoms with van der Waals surface area (Å²) in [4.78, 5) is 8.67. The maximum atomic E-state index is 5.83. The van der Waals surface area contributed by atoms with Gasteiger partial charge in [-0.25, -0.2) is 14.7 Å². The van der Waals surface area contributed by atoms with E-state index < -0.39 is 0 Å². The lowest BCUT2D eigenvalue weighted by Gasteiger charge is -2.16. The second-order valence-electron chi connectivity index (χ2n) is 7.19. The van der Waals surface area contributed by atoms with Gasteiger partial charge < -0.3 is 15.4 Å². The fourth-order valence-corrected chi connectivity index (χ4v) is 2.89. The van der Waals surface area contributed by atoms with Gasteiger partial charge in [0.05, 0.1) is 25.4 Å². The largest absolute Gasteiger partial charge is 0.376 e. The van der Waals surface area contributed by atoms with Gasteiger partial charge in [-0.15, -0.1) is 24.0 Å².